The van der Waals surface area contributed by atoms with E-state index in [1.807, 2.05) is 7.05 Å². The van der Waals surface area contributed by atoms with Crippen LogP contribution in [-0.4, -0.2) is 41.9 Å². The minimum atomic E-state index is -0.463. The van der Waals surface area contributed by atoms with Gasteiger partial charge in [-0.2, -0.15) is 0 Å². The first-order valence-corrected chi connectivity index (χ1v) is 11.0. The number of ether oxygens (including phenoxy) is 1. The summed E-state index contributed by atoms with van der Waals surface area (Å²) < 4.78 is 6.01. The quantitative estimate of drug-likeness (QED) is 0.321. The van der Waals surface area contributed by atoms with Crippen LogP contribution in [0.15, 0.2) is 24.3 Å². The average Bonchev–Trinajstić information content (AvgIpc) is 3.28. The van der Waals surface area contributed by atoms with Crippen molar-refractivity contribution in [3.63, 3.8) is 0 Å². The van der Waals surface area contributed by atoms with Gasteiger partial charge in [-0.05, 0) is 38.1 Å². The van der Waals surface area contributed by atoms with Crippen molar-refractivity contribution >= 4 is 67.7 Å². The number of hydrogen-bond acceptors (Lipinski definition) is 8. The molecule has 0 radical (unpaired) electrons. The molecule has 31 heavy (non-hydrogen) atoms. The molecule has 3 aromatic rings. The Balaban J connectivity index is 0.00000272. The smallest absolute Gasteiger partial charge is 0.341 e. The Bertz CT molecular complexity index is 1170. The van der Waals surface area contributed by atoms with Gasteiger partial charge in [0, 0.05) is 40.2 Å². The number of nitrogens with one attached hydrogen (secondary N) is 1. The van der Waals surface area contributed by atoms with E-state index in [9.17, 15) is 19.7 Å². The van der Waals surface area contributed by atoms with Crippen LogP contribution in [0.2, 0.25) is 0 Å². The van der Waals surface area contributed by atoms with Crippen LogP contribution in [0.1, 0.15) is 37.4 Å². The van der Waals surface area contributed by atoms with E-state index >= 15 is 0 Å². The normalized spacial score (nSPS) is 13.4. The van der Waals surface area contributed by atoms with E-state index in [2.05, 4.69) is 10.2 Å². The number of amides is 1. The van der Waals surface area contributed by atoms with Crippen molar-refractivity contribution in [1.82, 2.24) is 4.90 Å². The SMILES string of the molecule is CCOC(=O)c1c(NC(=O)c2cc3cc([N+](=O)[O-])ccc3s2)sc2c1CCN(C)C2.Cl. The van der Waals surface area contributed by atoms with Crippen molar-refractivity contribution in [3.8, 4) is 0 Å². The van der Waals surface area contributed by atoms with Gasteiger partial charge < -0.3 is 15.0 Å². The zero-order chi connectivity index (χ0) is 21.4. The molecule has 4 rings (SSSR count). The molecule has 3 heterocycles. The van der Waals surface area contributed by atoms with Crippen molar-refractivity contribution in [2.75, 3.05) is 25.5 Å². The monoisotopic (exact) mass is 481 g/mol. The standard InChI is InChI=1S/C20H19N3O5S2.ClH/c1-3-28-20(25)17-13-6-7-22(2)10-16(13)30-19(17)21-18(24)15-9-11-8-12(23(26)27)4-5-14(11)29-15;/h4-5,8-9H,3,6-7,10H2,1-2H3,(H,21,24);1H. The van der Waals surface area contributed by atoms with E-state index < -0.39 is 10.9 Å². The fraction of sp³-hybridized carbons (Fsp3) is 0.300. The molecule has 8 nitrogen and oxygen atoms in total. The molecular weight excluding hydrogens is 462 g/mol. The summed E-state index contributed by atoms with van der Waals surface area (Å²) in [5.74, 6) is -0.779. The molecule has 1 aliphatic heterocycles. The lowest BCUT2D eigenvalue weighted by molar-refractivity contribution is -0.384. The minimum absolute atomic E-state index is 0. The minimum Gasteiger partial charge on any atom is -0.462 e. The van der Waals surface area contributed by atoms with Crippen LogP contribution in [0.4, 0.5) is 10.7 Å². The number of fused-ring (bicyclic) bond motifs is 2. The molecule has 1 aromatic carbocycles. The fourth-order valence-electron chi connectivity index (χ4n) is 3.46. The molecule has 0 saturated carbocycles. The zero-order valence-electron chi connectivity index (χ0n) is 16.8. The summed E-state index contributed by atoms with van der Waals surface area (Å²) in [5.41, 5.74) is 1.36. The summed E-state index contributed by atoms with van der Waals surface area (Å²) in [4.78, 5) is 39.7. The first kappa shape index (κ1) is 23.1. The second kappa shape index (κ2) is 9.31. The first-order valence-electron chi connectivity index (χ1n) is 9.37. The Morgan fingerprint density at radius 2 is 2.06 bits per heavy atom. The summed E-state index contributed by atoms with van der Waals surface area (Å²) in [6, 6.07) is 6.14. The van der Waals surface area contributed by atoms with Gasteiger partial charge in [-0.25, -0.2) is 4.79 Å². The molecule has 1 aliphatic rings. The number of rotatable bonds is 5. The average molecular weight is 482 g/mol. The highest BCUT2D eigenvalue weighted by atomic mass is 35.5. The number of non-ortho nitro benzene ring substituents is 1. The third-order valence-corrected chi connectivity index (χ3v) is 7.14. The number of benzene rings is 1. The van der Waals surface area contributed by atoms with Crippen LogP contribution >= 0.6 is 35.1 Å². The molecule has 1 amide bonds. The Labute approximate surface area is 192 Å². The predicted molar refractivity (Wildman–Crippen MR) is 124 cm³/mol. The Hall–Kier alpha value is -2.53. The van der Waals surface area contributed by atoms with Crippen molar-refractivity contribution in [1.29, 1.82) is 0 Å². The lowest BCUT2D eigenvalue weighted by Crippen LogP contribution is -2.26. The van der Waals surface area contributed by atoms with Crippen LogP contribution in [0.25, 0.3) is 10.1 Å². The van der Waals surface area contributed by atoms with Gasteiger partial charge in [0.25, 0.3) is 11.6 Å². The Morgan fingerprint density at radius 1 is 1.29 bits per heavy atom. The molecule has 0 unspecified atom stereocenters. The molecule has 0 spiro atoms. The third-order valence-electron chi connectivity index (χ3n) is 4.89. The van der Waals surface area contributed by atoms with Crippen molar-refractivity contribution < 1.29 is 19.2 Å². The number of halogens is 1. The first-order chi connectivity index (χ1) is 14.4. The number of thiophene rings is 2. The Morgan fingerprint density at radius 3 is 2.77 bits per heavy atom. The summed E-state index contributed by atoms with van der Waals surface area (Å²) in [5, 5.41) is 15.0. The molecule has 2 aromatic heterocycles. The number of anilines is 1. The summed E-state index contributed by atoms with van der Waals surface area (Å²) in [7, 11) is 2.02. The number of carbonyl (C=O) groups excluding carboxylic acids is 2. The molecular formula is C20H20ClN3O5S2. The van der Waals surface area contributed by atoms with Crippen molar-refractivity contribution in [3.05, 3.63) is 55.3 Å². The molecule has 0 aliphatic carbocycles. The van der Waals surface area contributed by atoms with Gasteiger partial charge in [0.15, 0.2) is 0 Å². The van der Waals surface area contributed by atoms with Gasteiger partial charge in [-0.1, -0.05) is 0 Å². The molecule has 1 N–H and O–H groups in total. The highest BCUT2D eigenvalue weighted by Crippen LogP contribution is 2.38. The maximum Gasteiger partial charge on any atom is 0.341 e. The topological polar surface area (TPSA) is 102 Å². The summed E-state index contributed by atoms with van der Waals surface area (Å²) in [6.45, 7) is 3.55. The van der Waals surface area contributed by atoms with E-state index in [0.29, 0.717) is 20.8 Å². The van der Waals surface area contributed by atoms with Crippen LogP contribution in [0.5, 0.6) is 0 Å². The lowest BCUT2D eigenvalue weighted by Gasteiger charge is -2.22. The lowest BCUT2D eigenvalue weighted by atomic mass is 10.0. The third kappa shape index (κ3) is 4.57. The molecule has 0 fully saturated rings. The van der Waals surface area contributed by atoms with Gasteiger partial charge in [0.2, 0.25) is 0 Å². The van der Waals surface area contributed by atoms with Crippen molar-refractivity contribution in [2.45, 2.75) is 19.9 Å². The van der Waals surface area contributed by atoms with E-state index in [1.165, 1.54) is 34.8 Å². The van der Waals surface area contributed by atoms with Gasteiger partial charge >= 0.3 is 5.97 Å². The van der Waals surface area contributed by atoms with Crippen molar-refractivity contribution in [2.24, 2.45) is 0 Å². The maximum atomic E-state index is 12.9. The fourth-order valence-corrected chi connectivity index (χ4v) is 5.71. The highest BCUT2D eigenvalue weighted by molar-refractivity contribution is 7.21. The van der Waals surface area contributed by atoms with Gasteiger partial charge in [0.05, 0.1) is 22.0 Å². The summed E-state index contributed by atoms with van der Waals surface area (Å²) >= 11 is 2.65. The largest absolute Gasteiger partial charge is 0.462 e. The number of likely N-dealkylation sites (N-methyl/N-ethyl adjacent to an activating group) is 1. The van der Waals surface area contributed by atoms with Crippen LogP contribution in [0.3, 0.4) is 0 Å². The second-order valence-corrected chi connectivity index (χ2v) is 9.15. The van der Waals surface area contributed by atoms with Crippen LogP contribution in [0, 0.1) is 10.1 Å². The molecule has 11 heteroatoms. The highest BCUT2D eigenvalue weighted by Gasteiger charge is 2.29. The van der Waals surface area contributed by atoms with Crippen LogP contribution in [-0.2, 0) is 17.7 Å². The van der Waals surface area contributed by atoms with E-state index in [0.717, 1.165) is 34.7 Å². The molecule has 0 atom stereocenters. The Kier molecular flexibility index (Phi) is 6.95. The van der Waals surface area contributed by atoms with Gasteiger partial charge in [0.1, 0.15) is 5.00 Å². The summed E-state index contributed by atoms with van der Waals surface area (Å²) in [6.07, 6.45) is 0.721. The van der Waals surface area contributed by atoms with E-state index in [-0.39, 0.29) is 30.6 Å². The number of carbonyl (C=O) groups is 2. The second-order valence-electron chi connectivity index (χ2n) is 6.96. The molecule has 0 bridgehead atoms. The maximum absolute atomic E-state index is 12.9. The van der Waals surface area contributed by atoms with Gasteiger partial charge in [-0.3, -0.25) is 14.9 Å². The number of nitro groups is 1. The van der Waals surface area contributed by atoms with E-state index in [1.54, 1.807) is 19.1 Å². The molecule has 0 saturated heterocycles. The van der Waals surface area contributed by atoms with Gasteiger partial charge in [-0.15, -0.1) is 35.1 Å². The number of nitrogens with zero attached hydrogens (tertiary/aromatic N) is 2. The van der Waals surface area contributed by atoms with Crippen LogP contribution < -0.4 is 5.32 Å². The number of esters is 1. The molecule has 164 valence electrons. The predicted octanol–water partition coefficient (Wildman–Crippen LogP) is 4.71. The zero-order valence-corrected chi connectivity index (χ0v) is 19.2. The number of hydrogen-bond donors (Lipinski definition) is 1. The van der Waals surface area contributed by atoms with E-state index in [4.69, 9.17) is 4.74 Å². The number of nitro benzene ring substituents is 1.